The topological polar surface area (TPSA) is 66.6 Å². The van der Waals surface area contributed by atoms with Gasteiger partial charge in [0, 0.05) is 18.8 Å². The number of aliphatic hydroxyl groups excluding tert-OH is 1. The van der Waals surface area contributed by atoms with Gasteiger partial charge >= 0.3 is 0 Å². The number of nitrogens with zero attached hydrogens (tertiary/aromatic N) is 1. The molecule has 1 fully saturated rings. The highest BCUT2D eigenvalue weighted by Crippen LogP contribution is 2.15. The number of carbonyl (C=O) groups is 1. The Kier molecular flexibility index (Phi) is 2.83. The third-order valence-electron chi connectivity index (χ3n) is 2.90. The van der Waals surface area contributed by atoms with Crippen molar-refractivity contribution in [1.82, 2.24) is 4.90 Å². The fourth-order valence-electron chi connectivity index (χ4n) is 1.79. The molecule has 4 heteroatoms. The number of hydrogen-bond acceptors (Lipinski definition) is 3. The fourth-order valence-corrected chi connectivity index (χ4v) is 1.79. The second-order valence-electron chi connectivity index (χ2n) is 4.32. The minimum atomic E-state index is -0.336. The molecule has 0 aromatic heterocycles. The van der Waals surface area contributed by atoms with Gasteiger partial charge in [0.25, 0.3) is 0 Å². The van der Waals surface area contributed by atoms with Gasteiger partial charge in [-0.2, -0.15) is 0 Å². The predicted octanol–water partition coefficient (Wildman–Crippen LogP) is 0.323. The summed E-state index contributed by atoms with van der Waals surface area (Å²) in [7, 11) is 0. The lowest BCUT2D eigenvalue weighted by Gasteiger charge is -2.36. The molecule has 0 atom stereocenters. The molecule has 0 radical (unpaired) electrons. The Hall–Kier alpha value is -1.55. The summed E-state index contributed by atoms with van der Waals surface area (Å²) in [5.74, 6) is 0.0643. The number of aryl methyl sites for hydroxylation is 1. The average molecular weight is 220 g/mol. The lowest BCUT2D eigenvalue weighted by atomic mass is 10.0. The Morgan fingerprint density at radius 2 is 2.25 bits per heavy atom. The molecular formula is C12H16N2O2. The van der Waals surface area contributed by atoms with Crippen LogP contribution in [-0.4, -0.2) is 35.1 Å². The number of anilines is 1. The summed E-state index contributed by atoms with van der Waals surface area (Å²) < 4.78 is 0. The lowest BCUT2D eigenvalue weighted by Crippen LogP contribution is -2.53. The van der Waals surface area contributed by atoms with Crippen molar-refractivity contribution in [3.8, 4) is 0 Å². The predicted molar refractivity (Wildman–Crippen MR) is 61.9 cm³/mol. The zero-order valence-corrected chi connectivity index (χ0v) is 9.31. The highest BCUT2D eigenvalue weighted by molar-refractivity contribution is 5.79. The molecule has 86 valence electrons. The summed E-state index contributed by atoms with van der Waals surface area (Å²) in [5.41, 5.74) is 8.42. The molecule has 1 heterocycles. The Bertz CT molecular complexity index is 411. The molecule has 1 aromatic rings. The van der Waals surface area contributed by atoms with E-state index in [1.807, 2.05) is 25.1 Å². The first-order valence-corrected chi connectivity index (χ1v) is 5.37. The molecule has 0 saturated carbocycles. The number of benzene rings is 1. The monoisotopic (exact) mass is 220 g/mol. The van der Waals surface area contributed by atoms with Crippen molar-refractivity contribution in [3.05, 3.63) is 29.3 Å². The Morgan fingerprint density at radius 3 is 2.81 bits per heavy atom. The number of β-amino-alcohol motifs (C(OH)–C–C–N with tert-alkyl or cyclic N) is 1. The molecule has 2 rings (SSSR count). The number of aliphatic hydroxyl groups is 1. The van der Waals surface area contributed by atoms with E-state index in [1.165, 1.54) is 0 Å². The number of nitrogens with two attached hydrogens (primary N) is 1. The summed E-state index contributed by atoms with van der Waals surface area (Å²) in [6.07, 6.45) is 0.0468. The quantitative estimate of drug-likeness (QED) is 0.705. The third kappa shape index (κ3) is 2.17. The van der Waals surface area contributed by atoms with E-state index in [-0.39, 0.29) is 12.0 Å². The summed E-state index contributed by atoms with van der Waals surface area (Å²) in [4.78, 5) is 13.4. The van der Waals surface area contributed by atoms with Gasteiger partial charge in [-0.25, -0.2) is 0 Å². The molecule has 1 aliphatic heterocycles. The maximum atomic E-state index is 11.7. The van der Waals surface area contributed by atoms with Gasteiger partial charge in [0.2, 0.25) is 5.91 Å². The molecule has 0 bridgehead atoms. The summed E-state index contributed by atoms with van der Waals surface area (Å²) in [6.45, 7) is 2.86. The lowest BCUT2D eigenvalue weighted by molar-refractivity contribution is -0.140. The molecule has 0 unspecified atom stereocenters. The summed E-state index contributed by atoms with van der Waals surface area (Å²) >= 11 is 0. The fraction of sp³-hybridized carbons (Fsp3) is 0.417. The van der Waals surface area contributed by atoms with Crippen LogP contribution in [-0.2, 0) is 11.2 Å². The number of hydrogen-bond donors (Lipinski definition) is 2. The zero-order valence-electron chi connectivity index (χ0n) is 9.31. The highest BCUT2D eigenvalue weighted by atomic mass is 16.3. The van der Waals surface area contributed by atoms with E-state index in [0.29, 0.717) is 19.5 Å². The van der Waals surface area contributed by atoms with Crippen LogP contribution in [0.25, 0.3) is 0 Å². The standard InChI is InChI=1S/C12H16N2O2/c1-8-4-9(2-3-11(8)13)5-12(16)14-6-10(15)7-14/h2-4,10,15H,5-7,13H2,1H3. The minimum absolute atomic E-state index is 0.0643. The van der Waals surface area contributed by atoms with E-state index in [0.717, 1.165) is 16.8 Å². The van der Waals surface area contributed by atoms with E-state index >= 15 is 0 Å². The maximum Gasteiger partial charge on any atom is 0.227 e. The Morgan fingerprint density at radius 1 is 1.56 bits per heavy atom. The number of likely N-dealkylation sites (tertiary alicyclic amines) is 1. The first-order chi connectivity index (χ1) is 7.56. The molecule has 0 spiro atoms. The second-order valence-corrected chi connectivity index (χ2v) is 4.32. The van der Waals surface area contributed by atoms with Gasteiger partial charge in [-0.15, -0.1) is 0 Å². The number of carbonyl (C=O) groups excluding carboxylic acids is 1. The van der Waals surface area contributed by atoms with Crippen LogP contribution in [0.2, 0.25) is 0 Å². The molecule has 1 amide bonds. The van der Waals surface area contributed by atoms with Crippen LogP contribution < -0.4 is 5.73 Å². The van der Waals surface area contributed by atoms with Crippen LogP contribution in [0.15, 0.2) is 18.2 Å². The zero-order chi connectivity index (χ0) is 11.7. The van der Waals surface area contributed by atoms with Crippen LogP contribution in [0.1, 0.15) is 11.1 Å². The minimum Gasteiger partial charge on any atom is -0.399 e. The Labute approximate surface area is 94.7 Å². The van der Waals surface area contributed by atoms with Gasteiger partial charge in [-0.1, -0.05) is 12.1 Å². The van der Waals surface area contributed by atoms with Crippen molar-refractivity contribution in [1.29, 1.82) is 0 Å². The second kappa shape index (κ2) is 4.14. The SMILES string of the molecule is Cc1cc(CC(=O)N2CC(O)C2)ccc1N. The number of amides is 1. The number of nitrogen functional groups attached to an aromatic ring is 1. The van der Waals surface area contributed by atoms with Gasteiger partial charge in [-0.05, 0) is 24.1 Å². The van der Waals surface area contributed by atoms with Crippen molar-refractivity contribution >= 4 is 11.6 Å². The number of rotatable bonds is 2. The molecule has 1 aromatic carbocycles. The summed E-state index contributed by atoms with van der Waals surface area (Å²) in [5, 5.41) is 9.10. The van der Waals surface area contributed by atoms with Crippen molar-refractivity contribution < 1.29 is 9.90 Å². The molecule has 3 N–H and O–H groups in total. The van der Waals surface area contributed by atoms with Crippen LogP contribution in [0, 0.1) is 6.92 Å². The molecular weight excluding hydrogens is 204 g/mol. The van der Waals surface area contributed by atoms with Gasteiger partial charge in [0.1, 0.15) is 0 Å². The van der Waals surface area contributed by atoms with E-state index in [9.17, 15) is 4.79 Å². The van der Waals surface area contributed by atoms with Crippen LogP contribution in [0.3, 0.4) is 0 Å². The van der Waals surface area contributed by atoms with Crippen LogP contribution in [0.5, 0.6) is 0 Å². The van der Waals surface area contributed by atoms with Gasteiger partial charge < -0.3 is 15.7 Å². The van der Waals surface area contributed by atoms with E-state index in [1.54, 1.807) is 4.90 Å². The first-order valence-electron chi connectivity index (χ1n) is 5.37. The van der Waals surface area contributed by atoms with E-state index in [4.69, 9.17) is 10.8 Å². The van der Waals surface area contributed by atoms with Crippen molar-refractivity contribution in [2.45, 2.75) is 19.4 Å². The smallest absolute Gasteiger partial charge is 0.227 e. The molecule has 1 saturated heterocycles. The van der Waals surface area contributed by atoms with Gasteiger partial charge in [0.15, 0.2) is 0 Å². The molecule has 0 aliphatic carbocycles. The van der Waals surface area contributed by atoms with E-state index in [2.05, 4.69) is 0 Å². The molecule has 1 aliphatic rings. The van der Waals surface area contributed by atoms with Gasteiger partial charge in [0.05, 0.1) is 12.5 Å². The van der Waals surface area contributed by atoms with Crippen molar-refractivity contribution in [2.24, 2.45) is 0 Å². The van der Waals surface area contributed by atoms with Gasteiger partial charge in [-0.3, -0.25) is 4.79 Å². The van der Waals surface area contributed by atoms with Crippen molar-refractivity contribution in [3.63, 3.8) is 0 Å². The van der Waals surface area contributed by atoms with Crippen molar-refractivity contribution in [2.75, 3.05) is 18.8 Å². The van der Waals surface area contributed by atoms with Crippen LogP contribution >= 0.6 is 0 Å². The highest BCUT2D eigenvalue weighted by Gasteiger charge is 2.28. The van der Waals surface area contributed by atoms with E-state index < -0.39 is 0 Å². The average Bonchev–Trinajstić information content (AvgIpc) is 2.19. The molecule has 4 nitrogen and oxygen atoms in total. The maximum absolute atomic E-state index is 11.7. The molecule has 16 heavy (non-hydrogen) atoms. The largest absolute Gasteiger partial charge is 0.399 e. The van der Waals surface area contributed by atoms with Crippen LogP contribution in [0.4, 0.5) is 5.69 Å². The normalized spacial score (nSPS) is 16.0. The Balaban J connectivity index is 1.98. The first kappa shape index (κ1) is 11.0. The third-order valence-corrected chi connectivity index (χ3v) is 2.90. The summed E-state index contributed by atoms with van der Waals surface area (Å²) in [6, 6.07) is 5.63.